The average Bonchev–Trinajstić information content (AvgIpc) is 2.35. The van der Waals surface area contributed by atoms with Gasteiger partial charge in [-0.1, -0.05) is 0 Å². The molecule has 0 saturated heterocycles. The van der Waals surface area contributed by atoms with Gasteiger partial charge in [0.25, 0.3) is 0 Å². The summed E-state index contributed by atoms with van der Waals surface area (Å²) < 4.78 is 0. The Bertz CT molecular complexity index is 397. The highest BCUT2D eigenvalue weighted by Crippen LogP contribution is 1.95. The van der Waals surface area contributed by atoms with Crippen LogP contribution in [0.25, 0.3) is 0 Å². The minimum absolute atomic E-state index is 0.269. The zero-order valence-electron chi connectivity index (χ0n) is 12.1. The van der Waals surface area contributed by atoms with Crippen molar-refractivity contribution in [2.75, 3.05) is 7.05 Å². The third kappa shape index (κ3) is 6.28. The van der Waals surface area contributed by atoms with Crippen molar-refractivity contribution in [3.63, 3.8) is 0 Å². The van der Waals surface area contributed by atoms with Gasteiger partial charge in [-0.2, -0.15) is 0 Å². The summed E-state index contributed by atoms with van der Waals surface area (Å²) in [6, 6.07) is -2.24. The van der Waals surface area contributed by atoms with E-state index >= 15 is 0 Å². The largest absolute Gasteiger partial charge is 0.370 e. The maximum absolute atomic E-state index is 11.8. The van der Waals surface area contributed by atoms with E-state index in [9.17, 15) is 19.2 Å². The zero-order chi connectivity index (χ0) is 15.9. The summed E-state index contributed by atoms with van der Waals surface area (Å²) in [7, 11) is 1.62. The number of Topliss-reactive ketones (excluding diaryl/α,β-unsaturated/α-hetero) is 1. The topological polar surface area (TPSA) is 130 Å². The van der Waals surface area contributed by atoms with Gasteiger partial charge in [0.1, 0.15) is 6.04 Å². The molecule has 3 amide bonds. The Hall–Kier alpha value is -1.96. The average molecular weight is 286 g/mol. The van der Waals surface area contributed by atoms with Crippen LogP contribution in [0.5, 0.6) is 0 Å². The number of amides is 3. The van der Waals surface area contributed by atoms with E-state index in [1.54, 1.807) is 14.0 Å². The van der Waals surface area contributed by atoms with Crippen molar-refractivity contribution in [3.05, 3.63) is 0 Å². The quantitative estimate of drug-likeness (QED) is 0.412. The lowest BCUT2D eigenvalue weighted by molar-refractivity contribution is -0.132. The molecule has 1 unspecified atom stereocenters. The first-order valence-corrected chi connectivity index (χ1v) is 6.25. The number of carbonyl (C=O) groups is 4. The fraction of sp³-hybridized carbons (Fsp3) is 0.667. The Morgan fingerprint density at radius 1 is 1.00 bits per heavy atom. The molecule has 0 rings (SSSR count). The van der Waals surface area contributed by atoms with Crippen molar-refractivity contribution >= 4 is 23.5 Å². The van der Waals surface area contributed by atoms with Gasteiger partial charge in [0.05, 0.1) is 18.5 Å². The highest BCUT2D eigenvalue weighted by atomic mass is 16.2. The second kappa shape index (κ2) is 8.26. The number of nitrogens with one attached hydrogen (secondary N) is 3. The smallest absolute Gasteiger partial charge is 0.242 e. The molecule has 0 aliphatic rings. The summed E-state index contributed by atoms with van der Waals surface area (Å²) in [6.07, 6.45) is -0.269. The van der Waals surface area contributed by atoms with Gasteiger partial charge in [-0.3, -0.25) is 19.2 Å². The molecule has 0 spiro atoms. The first-order chi connectivity index (χ1) is 9.18. The molecule has 0 aromatic heterocycles. The van der Waals surface area contributed by atoms with E-state index in [2.05, 4.69) is 16.0 Å². The van der Waals surface area contributed by atoms with Gasteiger partial charge in [-0.05, 0) is 27.8 Å². The molecule has 8 heteroatoms. The normalized spacial score (nSPS) is 14.8. The molecule has 5 N–H and O–H groups in total. The molecule has 0 bridgehead atoms. The summed E-state index contributed by atoms with van der Waals surface area (Å²) in [6.45, 7) is 4.38. The molecule has 8 nitrogen and oxygen atoms in total. The lowest BCUT2D eigenvalue weighted by Gasteiger charge is -2.20. The number of ketones is 1. The Morgan fingerprint density at radius 2 is 1.50 bits per heavy atom. The van der Waals surface area contributed by atoms with Crippen LogP contribution in [0.1, 0.15) is 27.2 Å². The molecule has 0 aliphatic heterocycles. The number of likely N-dealkylation sites (N-methyl/N-ethyl adjacent to an activating group) is 1. The van der Waals surface area contributed by atoms with Crippen LogP contribution in [0, 0.1) is 0 Å². The Labute approximate surface area is 117 Å². The zero-order valence-corrected chi connectivity index (χ0v) is 12.1. The molecule has 0 fully saturated rings. The third-order valence-corrected chi connectivity index (χ3v) is 2.79. The highest BCUT2D eigenvalue weighted by Gasteiger charge is 2.24. The van der Waals surface area contributed by atoms with E-state index < -0.39 is 29.9 Å². The number of hydrogen-bond acceptors (Lipinski definition) is 5. The van der Waals surface area contributed by atoms with Crippen molar-refractivity contribution in [3.8, 4) is 0 Å². The van der Waals surface area contributed by atoms with Crippen LogP contribution < -0.4 is 21.7 Å². The van der Waals surface area contributed by atoms with Crippen molar-refractivity contribution in [1.82, 2.24) is 16.0 Å². The summed E-state index contributed by atoms with van der Waals surface area (Å²) in [4.78, 5) is 45.5. The maximum Gasteiger partial charge on any atom is 0.242 e. The van der Waals surface area contributed by atoms with Crippen LogP contribution in [-0.4, -0.2) is 48.7 Å². The molecule has 20 heavy (non-hydrogen) atoms. The minimum Gasteiger partial charge on any atom is -0.370 e. The fourth-order valence-electron chi connectivity index (χ4n) is 1.33. The number of carbonyl (C=O) groups excluding carboxylic acids is 4. The lowest BCUT2D eigenvalue weighted by atomic mass is 10.1. The van der Waals surface area contributed by atoms with Crippen LogP contribution in [0.4, 0.5) is 0 Å². The van der Waals surface area contributed by atoms with Crippen LogP contribution in [0.15, 0.2) is 0 Å². The molecule has 3 atom stereocenters. The molecule has 114 valence electrons. The summed E-state index contributed by atoms with van der Waals surface area (Å²) in [5, 5.41) is 7.61. The van der Waals surface area contributed by atoms with Gasteiger partial charge in [0, 0.05) is 0 Å². The van der Waals surface area contributed by atoms with E-state index in [1.165, 1.54) is 13.8 Å². The predicted molar refractivity (Wildman–Crippen MR) is 72.5 cm³/mol. The summed E-state index contributed by atoms with van der Waals surface area (Å²) in [5.74, 6) is -1.96. The molecule has 0 aliphatic carbocycles. The first-order valence-electron chi connectivity index (χ1n) is 6.25. The maximum atomic E-state index is 11.8. The fourth-order valence-corrected chi connectivity index (χ4v) is 1.33. The Kier molecular flexibility index (Phi) is 7.45. The monoisotopic (exact) mass is 286 g/mol. The second-order valence-electron chi connectivity index (χ2n) is 4.58. The van der Waals surface area contributed by atoms with Crippen LogP contribution in [-0.2, 0) is 19.2 Å². The van der Waals surface area contributed by atoms with E-state index in [0.717, 1.165) is 0 Å². The Balaban J connectivity index is 4.53. The van der Waals surface area contributed by atoms with Crippen molar-refractivity contribution in [2.24, 2.45) is 5.73 Å². The van der Waals surface area contributed by atoms with Crippen molar-refractivity contribution in [2.45, 2.75) is 45.3 Å². The molecular formula is C12H22N4O4. The summed E-state index contributed by atoms with van der Waals surface area (Å²) >= 11 is 0. The highest BCUT2D eigenvalue weighted by molar-refractivity contribution is 5.94. The molecule has 0 aromatic rings. The van der Waals surface area contributed by atoms with Crippen LogP contribution in [0.3, 0.4) is 0 Å². The van der Waals surface area contributed by atoms with E-state index in [0.29, 0.717) is 0 Å². The summed E-state index contributed by atoms with van der Waals surface area (Å²) in [5.41, 5.74) is 5.00. The van der Waals surface area contributed by atoms with E-state index in [4.69, 9.17) is 5.73 Å². The minimum atomic E-state index is -0.971. The third-order valence-electron chi connectivity index (χ3n) is 2.79. The van der Waals surface area contributed by atoms with E-state index in [-0.39, 0.29) is 18.1 Å². The van der Waals surface area contributed by atoms with Gasteiger partial charge in [0.15, 0.2) is 5.78 Å². The second-order valence-corrected chi connectivity index (χ2v) is 4.58. The molecule has 0 radical (unpaired) electrons. The SMILES string of the molecule is CNC(C)C(=O)N[C@@H](C)C(=O)N[C@@H](CC(N)=O)C(C)=O. The Morgan fingerprint density at radius 3 is 1.90 bits per heavy atom. The molecule has 0 heterocycles. The standard InChI is InChI=1S/C12H22N4O4/c1-6(14-4)11(19)15-7(2)12(20)16-9(8(3)17)5-10(13)18/h6-7,9,14H,5H2,1-4H3,(H2,13,18)(H,15,19)(H,16,20)/t6?,7-,9-/m0/s1. The predicted octanol–water partition coefficient (Wildman–Crippen LogP) is -1.95. The van der Waals surface area contributed by atoms with Gasteiger partial charge >= 0.3 is 0 Å². The lowest BCUT2D eigenvalue weighted by Crippen LogP contribution is -2.53. The molecule has 0 saturated carbocycles. The number of hydrogen-bond donors (Lipinski definition) is 4. The first kappa shape index (κ1) is 18.0. The van der Waals surface area contributed by atoms with Gasteiger partial charge in [0.2, 0.25) is 17.7 Å². The molecular weight excluding hydrogens is 264 g/mol. The van der Waals surface area contributed by atoms with Gasteiger partial charge in [-0.25, -0.2) is 0 Å². The number of rotatable bonds is 8. The van der Waals surface area contributed by atoms with Crippen molar-refractivity contribution < 1.29 is 19.2 Å². The van der Waals surface area contributed by atoms with Gasteiger partial charge in [-0.15, -0.1) is 0 Å². The van der Waals surface area contributed by atoms with Crippen molar-refractivity contribution in [1.29, 1.82) is 0 Å². The van der Waals surface area contributed by atoms with E-state index in [1.807, 2.05) is 0 Å². The number of primary amides is 1. The van der Waals surface area contributed by atoms with Crippen LogP contribution in [0.2, 0.25) is 0 Å². The van der Waals surface area contributed by atoms with Gasteiger partial charge < -0.3 is 21.7 Å². The number of nitrogens with two attached hydrogens (primary N) is 1. The molecule has 0 aromatic carbocycles. The van der Waals surface area contributed by atoms with Crippen LogP contribution >= 0.6 is 0 Å².